The number of hydrogen-bond acceptors (Lipinski definition) is 3. The van der Waals surface area contributed by atoms with Gasteiger partial charge in [-0.25, -0.2) is 0 Å². The van der Waals surface area contributed by atoms with Crippen LogP contribution in [0.4, 0.5) is 0 Å². The van der Waals surface area contributed by atoms with E-state index < -0.39 is 0 Å². The Morgan fingerprint density at radius 2 is 1.71 bits per heavy atom. The molecule has 2 nitrogen and oxygen atoms in total. The van der Waals surface area contributed by atoms with Crippen molar-refractivity contribution in [3.8, 4) is 5.75 Å². The van der Waals surface area contributed by atoms with Crippen molar-refractivity contribution >= 4 is 16.9 Å². The molecule has 0 radical (unpaired) electrons. The molecule has 0 heterocycles. The smallest absolute Gasteiger partial charge is 0.219 e. The molecule has 0 atom stereocenters. The molecule has 0 spiro atoms. The average molecular weight is 210 g/mol. The van der Waals surface area contributed by atoms with Gasteiger partial charge in [-0.15, -0.1) is 0 Å². The molecular formula is C11H14O2S. The fraction of sp³-hybridized carbons (Fsp3) is 0.364. The third-order valence-electron chi connectivity index (χ3n) is 1.50. The number of rotatable bonds is 1. The Hall–Kier alpha value is -0.960. The number of carbonyl (C=O) groups is 1. The second-order valence-electron chi connectivity index (χ2n) is 4.05. The van der Waals surface area contributed by atoms with Gasteiger partial charge in [-0.3, -0.25) is 4.79 Å². The number of phenols is 1. The summed E-state index contributed by atoms with van der Waals surface area (Å²) in [4.78, 5) is 11.7. The second kappa shape index (κ2) is 4.05. The number of hydrogen-bond donors (Lipinski definition) is 1. The van der Waals surface area contributed by atoms with E-state index in [-0.39, 0.29) is 15.6 Å². The van der Waals surface area contributed by atoms with Gasteiger partial charge in [-0.2, -0.15) is 0 Å². The molecule has 0 aromatic heterocycles. The standard InChI is InChI=1S/C11H14O2S/c1-11(2,3)14-10(13)8-4-6-9(12)7-5-8/h4-7,12H,1-3H3. The topological polar surface area (TPSA) is 37.3 Å². The van der Waals surface area contributed by atoms with Crippen molar-refractivity contribution in [3.05, 3.63) is 29.8 Å². The van der Waals surface area contributed by atoms with Gasteiger partial charge in [0.1, 0.15) is 5.75 Å². The Labute approximate surface area is 88.3 Å². The molecule has 0 aliphatic heterocycles. The van der Waals surface area contributed by atoms with Crippen molar-refractivity contribution in [3.63, 3.8) is 0 Å². The maximum absolute atomic E-state index is 11.7. The third-order valence-corrected chi connectivity index (χ3v) is 2.54. The normalized spacial score (nSPS) is 11.4. The average Bonchev–Trinajstić information content (AvgIpc) is 2.02. The van der Waals surface area contributed by atoms with Crippen LogP contribution < -0.4 is 0 Å². The summed E-state index contributed by atoms with van der Waals surface area (Å²) in [7, 11) is 0. The number of phenolic OH excluding ortho intramolecular Hbond substituents is 1. The first-order valence-electron chi connectivity index (χ1n) is 4.41. The lowest BCUT2D eigenvalue weighted by Crippen LogP contribution is -2.11. The van der Waals surface area contributed by atoms with Crippen molar-refractivity contribution in [1.29, 1.82) is 0 Å². The molecule has 1 aromatic rings. The predicted molar refractivity (Wildman–Crippen MR) is 59.8 cm³/mol. The number of thioether (sulfide) groups is 1. The number of carbonyl (C=O) groups excluding carboxylic acids is 1. The summed E-state index contributed by atoms with van der Waals surface area (Å²) >= 11 is 1.30. The quantitative estimate of drug-likeness (QED) is 0.774. The van der Waals surface area contributed by atoms with Crippen molar-refractivity contribution in [2.75, 3.05) is 0 Å². The molecule has 14 heavy (non-hydrogen) atoms. The van der Waals surface area contributed by atoms with Crippen LogP contribution in [0.25, 0.3) is 0 Å². The molecule has 0 unspecified atom stereocenters. The van der Waals surface area contributed by atoms with E-state index in [2.05, 4.69) is 0 Å². The minimum Gasteiger partial charge on any atom is -0.508 e. The van der Waals surface area contributed by atoms with Gasteiger partial charge in [0.25, 0.3) is 0 Å². The third kappa shape index (κ3) is 3.42. The molecule has 0 amide bonds. The van der Waals surface area contributed by atoms with E-state index in [0.717, 1.165) is 0 Å². The first-order chi connectivity index (χ1) is 6.38. The fourth-order valence-electron chi connectivity index (χ4n) is 0.935. The van der Waals surface area contributed by atoms with Gasteiger partial charge >= 0.3 is 0 Å². The largest absolute Gasteiger partial charge is 0.508 e. The van der Waals surface area contributed by atoms with E-state index in [1.54, 1.807) is 12.1 Å². The zero-order chi connectivity index (χ0) is 10.8. The van der Waals surface area contributed by atoms with E-state index in [4.69, 9.17) is 5.11 Å². The Morgan fingerprint density at radius 1 is 1.21 bits per heavy atom. The molecule has 1 N–H and O–H groups in total. The van der Waals surface area contributed by atoms with Crippen LogP contribution in [0.15, 0.2) is 24.3 Å². The van der Waals surface area contributed by atoms with Crippen LogP contribution in [0.5, 0.6) is 5.75 Å². The maximum atomic E-state index is 11.7. The Morgan fingerprint density at radius 3 is 2.14 bits per heavy atom. The lowest BCUT2D eigenvalue weighted by molar-refractivity contribution is 0.108. The molecule has 0 aliphatic rings. The molecule has 3 heteroatoms. The zero-order valence-corrected chi connectivity index (χ0v) is 9.39. The van der Waals surface area contributed by atoms with Gasteiger partial charge in [0.05, 0.1) is 0 Å². The number of benzene rings is 1. The maximum Gasteiger partial charge on any atom is 0.219 e. The minimum absolute atomic E-state index is 0.0394. The molecular weight excluding hydrogens is 196 g/mol. The van der Waals surface area contributed by atoms with E-state index >= 15 is 0 Å². The summed E-state index contributed by atoms with van der Waals surface area (Å²) < 4.78 is -0.0744. The monoisotopic (exact) mass is 210 g/mol. The van der Waals surface area contributed by atoms with Crippen LogP contribution in [0.3, 0.4) is 0 Å². The van der Waals surface area contributed by atoms with Crippen molar-refractivity contribution < 1.29 is 9.90 Å². The summed E-state index contributed by atoms with van der Waals surface area (Å²) in [6.45, 7) is 5.99. The highest BCUT2D eigenvalue weighted by molar-refractivity contribution is 8.15. The van der Waals surface area contributed by atoms with Gasteiger partial charge in [0.15, 0.2) is 0 Å². The fourth-order valence-corrected chi connectivity index (χ4v) is 1.74. The van der Waals surface area contributed by atoms with E-state index in [1.807, 2.05) is 20.8 Å². The van der Waals surface area contributed by atoms with Crippen LogP contribution in [0, 0.1) is 0 Å². The first kappa shape index (κ1) is 11.1. The molecule has 0 aliphatic carbocycles. The van der Waals surface area contributed by atoms with Gasteiger partial charge in [0.2, 0.25) is 5.12 Å². The summed E-state index contributed by atoms with van der Waals surface area (Å²) in [6, 6.07) is 6.32. The Bertz CT molecular complexity index is 322. The molecule has 1 rings (SSSR count). The Balaban J connectivity index is 2.76. The summed E-state index contributed by atoms with van der Waals surface area (Å²) in [5, 5.41) is 9.09. The first-order valence-corrected chi connectivity index (χ1v) is 5.22. The van der Waals surface area contributed by atoms with Gasteiger partial charge in [-0.05, 0) is 24.3 Å². The second-order valence-corrected chi connectivity index (χ2v) is 5.85. The highest BCUT2D eigenvalue weighted by atomic mass is 32.2. The highest BCUT2D eigenvalue weighted by Crippen LogP contribution is 2.27. The molecule has 0 bridgehead atoms. The van der Waals surface area contributed by atoms with Crippen molar-refractivity contribution in [2.45, 2.75) is 25.5 Å². The molecule has 0 saturated carbocycles. The number of aromatic hydroxyl groups is 1. The van der Waals surface area contributed by atoms with Crippen LogP contribution in [0.2, 0.25) is 0 Å². The lowest BCUT2D eigenvalue weighted by atomic mass is 10.2. The summed E-state index contributed by atoms with van der Waals surface area (Å²) in [5.74, 6) is 0.183. The summed E-state index contributed by atoms with van der Waals surface area (Å²) in [5.41, 5.74) is 0.628. The summed E-state index contributed by atoms with van der Waals surface area (Å²) in [6.07, 6.45) is 0. The molecule has 0 saturated heterocycles. The van der Waals surface area contributed by atoms with Crippen molar-refractivity contribution in [2.24, 2.45) is 0 Å². The van der Waals surface area contributed by atoms with Gasteiger partial charge in [-0.1, -0.05) is 32.5 Å². The van der Waals surface area contributed by atoms with Gasteiger partial charge < -0.3 is 5.11 Å². The van der Waals surface area contributed by atoms with Crippen LogP contribution >= 0.6 is 11.8 Å². The molecule has 1 aromatic carbocycles. The zero-order valence-electron chi connectivity index (χ0n) is 8.57. The van der Waals surface area contributed by atoms with Crippen LogP contribution in [-0.4, -0.2) is 15.0 Å². The Kier molecular flexibility index (Phi) is 3.21. The van der Waals surface area contributed by atoms with Gasteiger partial charge in [0, 0.05) is 10.3 Å². The van der Waals surface area contributed by atoms with Crippen molar-refractivity contribution in [1.82, 2.24) is 0 Å². The van der Waals surface area contributed by atoms with E-state index in [9.17, 15) is 4.79 Å². The van der Waals surface area contributed by atoms with Crippen LogP contribution in [0.1, 0.15) is 31.1 Å². The highest BCUT2D eigenvalue weighted by Gasteiger charge is 2.17. The molecule has 76 valence electrons. The van der Waals surface area contributed by atoms with Crippen LogP contribution in [-0.2, 0) is 0 Å². The predicted octanol–water partition coefficient (Wildman–Crippen LogP) is 3.06. The minimum atomic E-state index is -0.0744. The van der Waals surface area contributed by atoms with E-state index in [0.29, 0.717) is 5.56 Å². The lowest BCUT2D eigenvalue weighted by Gasteiger charge is -2.15. The molecule has 0 fully saturated rings. The SMILES string of the molecule is CC(C)(C)SC(=O)c1ccc(O)cc1. The van der Waals surface area contributed by atoms with E-state index in [1.165, 1.54) is 23.9 Å².